The maximum atomic E-state index is 13.4. The molecule has 1 aromatic heterocycles. The van der Waals surface area contributed by atoms with Gasteiger partial charge in [0, 0.05) is 33.1 Å². The van der Waals surface area contributed by atoms with Crippen molar-refractivity contribution in [1.82, 2.24) is 14.5 Å². The lowest BCUT2D eigenvalue weighted by molar-refractivity contribution is -0.128. The normalized spacial score (nSPS) is 10.9. The van der Waals surface area contributed by atoms with E-state index in [2.05, 4.69) is 4.98 Å². The minimum atomic E-state index is -0.498. The number of fused-ring (bicyclic) bond motifs is 1. The molecule has 0 aliphatic heterocycles. The second kappa shape index (κ2) is 5.30. The van der Waals surface area contributed by atoms with Gasteiger partial charge in [-0.3, -0.25) is 4.79 Å². The first-order chi connectivity index (χ1) is 8.90. The number of halogens is 2. The van der Waals surface area contributed by atoms with E-state index < -0.39 is 5.82 Å². The third-order valence-electron chi connectivity index (χ3n) is 2.86. The van der Waals surface area contributed by atoms with Gasteiger partial charge in [-0.2, -0.15) is 0 Å². The molecule has 0 atom stereocenters. The number of rotatable bonds is 3. The summed E-state index contributed by atoms with van der Waals surface area (Å²) >= 11 is 10.9. The Hall–Kier alpha value is -1.40. The van der Waals surface area contributed by atoms with Crippen molar-refractivity contribution in [2.45, 2.75) is 13.0 Å². The molecular weight excluding hydrogens is 289 g/mol. The minimum Gasteiger partial charge on any atom is -0.349 e. The summed E-state index contributed by atoms with van der Waals surface area (Å²) < 4.78 is 15.5. The van der Waals surface area contributed by atoms with Gasteiger partial charge in [-0.15, -0.1) is 0 Å². The second-order valence-electron chi connectivity index (χ2n) is 4.40. The van der Waals surface area contributed by atoms with Crippen LogP contribution in [0.1, 0.15) is 6.42 Å². The first-order valence-electron chi connectivity index (χ1n) is 5.68. The number of hydrogen-bond acceptors (Lipinski definition) is 2. The number of H-pyrrole nitrogens is 1. The molecule has 0 fully saturated rings. The molecule has 0 spiro atoms. The molecule has 0 saturated heterocycles. The van der Waals surface area contributed by atoms with Gasteiger partial charge >= 0.3 is 0 Å². The van der Waals surface area contributed by atoms with E-state index in [0.717, 1.165) is 0 Å². The number of aryl methyl sites for hydroxylation is 1. The van der Waals surface area contributed by atoms with Crippen LogP contribution in [0.3, 0.4) is 0 Å². The molecule has 1 amide bonds. The maximum absolute atomic E-state index is 13.4. The summed E-state index contributed by atoms with van der Waals surface area (Å²) in [7, 11) is 3.39. The second-order valence-corrected chi connectivity index (χ2v) is 5.20. The van der Waals surface area contributed by atoms with Gasteiger partial charge < -0.3 is 14.5 Å². The van der Waals surface area contributed by atoms with E-state index in [0.29, 0.717) is 28.8 Å². The van der Waals surface area contributed by atoms with Crippen molar-refractivity contribution in [3.8, 4) is 0 Å². The van der Waals surface area contributed by atoms with E-state index in [1.54, 1.807) is 18.7 Å². The summed E-state index contributed by atoms with van der Waals surface area (Å²) in [6.07, 6.45) is 0.323. The van der Waals surface area contributed by atoms with Crippen molar-refractivity contribution in [2.24, 2.45) is 0 Å². The van der Waals surface area contributed by atoms with E-state index in [4.69, 9.17) is 23.8 Å². The Morgan fingerprint density at radius 1 is 1.53 bits per heavy atom. The lowest BCUT2D eigenvalue weighted by Crippen LogP contribution is -2.22. The van der Waals surface area contributed by atoms with Crippen LogP contribution in [0.4, 0.5) is 4.39 Å². The highest BCUT2D eigenvalue weighted by Crippen LogP contribution is 2.23. The van der Waals surface area contributed by atoms with Crippen LogP contribution in [0.15, 0.2) is 12.1 Å². The highest BCUT2D eigenvalue weighted by atomic mass is 35.5. The number of imidazole rings is 1. The molecule has 102 valence electrons. The Morgan fingerprint density at radius 3 is 2.84 bits per heavy atom. The van der Waals surface area contributed by atoms with E-state index in [1.165, 1.54) is 17.0 Å². The quantitative estimate of drug-likeness (QED) is 0.886. The number of nitrogens with zero attached hydrogens (tertiary/aromatic N) is 2. The van der Waals surface area contributed by atoms with Gasteiger partial charge in [0.2, 0.25) is 5.91 Å². The van der Waals surface area contributed by atoms with Crippen molar-refractivity contribution in [1.29, 1.82) is 0 Å². The highest BCUT2D eigenvalue weighted by Gasteiger charge is 2.11. The zero-order valence-corrected chi connectivity index (χ0v) is 12.1. The van der Waals surface area contributed by atoms with Crippen LogP contribution in [-0.2, 0) is 11.3 Å². The fourth-order valence-corrected chi connectivity index (χ4v) is 2.26. The van der Waals surface area contributed by atoms with Crippen LogP contribution in [0.25, 0.3) is 11.0 Å². The van der Waals surface area contributed by atoms with Crippen LogP contribution in [0.2, 0.25) is 5.02 Å². The minimum absolute atomic E-state index is 0.00413. The van der Waals surface area contributed by atoms with Crippen molar-refractivity contribution in [2.75, 3.05) is 14.1 Å². The Balaban J connectivity index is 2.38. The number of hydrogen-bond donors (Lipinski definition) is 1. The van der Waals surface area contributed by atoms with Crippen LogP contribution < -0.4 is 0 Å². The van der Waals surface area contributed by atoms with E-state index in [9.17, 15) is 9.18 Å². The van der Waals surface area contributed by atoms with E-state index in [-0.39, 0.29) is 10.9 Å². The van der Waals surface area contributed by atoms with Crippen molar-refractivity contribution >= 4 is 40.8 Å². The number of amides is 1. The topological polar surface area (TPSA) is 41.0 Å². The summed E-state index contributed by atoms with van der Waals surface area (Å²) in [5.74, 6) is -0.494. The average Bonchev–Trinajstić information content (AvgIpc) is 2.62. The van der Waals surface area contributed by atoms with Gasteiger partial charge in [0.25, 0.3) is 0 Å². The molecule has 19 heavy (non-hydrogen) atoms. The van der Waals surface area contributed by atoms with Crippen LogP contribution >= 0.6 is 23.8 Å². The molecule has 0 bridgehead atoms. The standard InChI is InChI=1S/C12H13ClFN3OS/c1-16(2)11(18)3-4-17-10-5-7(13)8(14)6-9(10)15-12(17)19/h5-6H,3-4H2,1-2H3,(H,15,19). The molecule has 0 aliphatic rings. The smallest absolute Gasteiger partial charge is 0.223 e. The lowest BCUT2D eigenvalue weighted by Gasteiger charge is -2.10. The number of carbonyl (C=O) groups excluding carboxylic acids is 1. The summed E-state index contributed by atoms with van der Waals surface area (Å²) in [6, 6.07) is 2.82. The van der Waals surface area contributed by atoms with Crippen LogP contribution in [0.5, 0.6) is 0 Å². The summed E-state index contributed by atoms with van der Waals surface area (Å²) in [4.78, 5) is 16.0. The monoisotopic (exact) mass is 301 g/mol. The molecule has 2 aromatic rings. The Morgan fingerprint density at radius 2 is 2.21 bits per heavy atom. The van der Waals surface area contributed by atoms with Gasteiger partial charge in [0.1, 0.15) is 5.82 Å². The van der Waals surface area contributed by atoms with Crippen molar-refractivity contribution < 1.29 is 9.18 Å². The van der Waals surface area contributed by atoms with Gasteiger partial charge in [0.15, 0.2) is 4.77 Å². The molecule has 1 aromatic carbocycles. The molecule has 0 aliphatic carbocycles. The zero-order chi connectivity index (χ0) is 14.2. The Labute approximate surface area is 119 Å². The number of nitrogens with one attached hydrogen (secondary N) is 1. The third kappa shape index (κ3) is 2.79. The molecule has 1 N–H and O–H groups in total. The Kier molecular flexibility index (Phi) is 3.91. The predicted octanol–water partition coefficient (Wildman–Crippen LogP) is 2.97. The zero-order valence-electron chi connectivity index (χ0n) is 10.5. The SMILES string of the molecule is CN(C)C(=O)CCn1c(=S)[nH]c2cc(F)c(Cl)cc21. The first-order valence-corrected chi connectivity index (χ1v) is 6.46. The molecule has 0 unspecified atom stereocenters. The number of aromatic amines is 1. The first kappa shape index (κ1) is 14.0. The number of benzene rings is 1. The van der Waals surface area contributed by atoms with Crippen LogP contribution in [0, 0.1) is 10.6 Å². The molecule has 2 rings (SSSR count). The molecule has 7 heteroatoms. The summed E-state index contributed by atoms with van der Waals surface area (Å²) in [5.41, 5.74) is 1.27. The molecular formula is C12H13ClFN3OS. The highest BCUT2D eigenvalue weighted by molar-refractivity contribution is 7.71. The largest absolute Gasteiger partial charge is 0.349 e. The van der Waals surface area contributed by atoms with Crippen LogP contribution in [-0.4, -0.2) is 34.5 Å². The average molecular weight is 302 g/mol. The van der Waals surface area contributed by atoms with E-state index >= 15 is 0 Å². The van der Waals surface area contributed by atoms with Crippen molar-refractivity contribution in [3.63, 3.8) is 0 Å². The fraction of sp³-hybridized carbons (Fsp3) is 0.333. The van der Waals surface area contributed by atoms with Gasteiger partial charge in [-0.1, -0.05) is 11.6 Å². The fourth-order valence-electron chi connectivity index (χ4n) is 1.80. The third-order valence-corrected chi connectivity index (χ3v) is 3.48. The van der Waals surface area contributed by atoms with Gasteiger partial charge in [0.05, 0.1) is 16.1 Å². The lowest BCUT2D eigenvalue weighted by atomic mass is 10.3. The van der Waals surface area contributed by atoms with Gasteiger partial charge in [-0.05, 0) is 18.3 Å². The van der Waals surface area contributed by atoms with Gasteiger partial charge in [-0.25, -0.2) is 4.39 Å². The van der Waals surface area contributed by atoms with Crippen molar-refractivity contribution in [3.05, 3.63) is 27.7 Å². The molecule has 4 nitrogen and oxygen atoms in total. The summed E-state index contributed by atoms with van der Waals surface area (Å²) in [6.45, 7) is 0.428. The molecule has 0 saturated carbocycles. The van der Waals surface area contributed by atoms with E-state index in [1.807, 2.05) is 0 Å². The number of aromatic nitrogens is 2. The number of carbonyl (C=O) groups is 1. The molecule has 1 heterocycles. The summed E-state index contributed by atoms with van der Waals surface area (Å²) in [5, 5.41) is 0.0363. The predicted molar refractivity (Wildman–Crippen MR) is 75.4 cm³/mol. The molecule has 0 radical (unpaired) electrons. The Bertz CT molecular complexity index is 692. The maximum Gasteiger partial charge on any atom is 0.223 e.